The quantitative estimate of drug-likeness (QED) is 0.854. The fourth-order valence-corrected chi connectivity index (χ4v) is 3.68. The molecule has 2 aromatic rings. The van der Waals surface area contributed by atoms with Gasteiger partial charge in [0.2, 0.25) is 0 Å². The summed E-state index contributed by atoms with van der Waals surface area (Å²) in [4.78, 5) is 1.21. The minimum absolute atomic E-state index is 0.150. The number of fused-ring (bicyclic) bond motifs is 1. The van der Waals surface area contributed by atoms with Crippen molar-refractivity contribution in [2.75, 3.05) is 6.26 Å². The van der Waals surface area contributed by atoms with Crippen LogP contribution in [0, 0.1) is 0 Å². The predicted octanol–water partition coefficient (Wildman–Crippen LogP) is 4.32. The average Bonchev–Trinajstić information content (AvgIpc) is 2.55. The van der Waals surface area contributed by atoms with Crippen molar-refractivity contribution in [3.05, 3.63) is 59.2 Å². The van der Waals surface area contributed by atoms with E-state index in [0.717, 1.165) is 24.2 Å². The summed E-state index contributed by atoms with van der Waals surface area (Å²) >= 11 is 1.72. The number of nitrogens with two attached hydrogens (primary N) is 1. The normalized spacial score (nSPS) is 17.3. The summed E-state index contributed by atoms with van der Waals surface area (Å²) in [5, 5.41) is 0. The fraction of sp³-hybridized carbons (Fsp3) is 0.333. The molecule has 0 fully saturated rings. The van der Waals surface area contributed by atoms with Crippen molar-refractivity contribution in [2.24, 2.45) is 5.73 Å². The molecule has 110 valence electrons. The molecule has 1 atom stereocenters. The molecular formula is C18H21NOS. The van der Waals surface area contributed by atoms with Crippen molar-refractivity contribution in [1.82, 2.24) is 0 Å². The first-order valence-electron chi connectivity index (χ1n) is 7.44. The van der Waals surface area contributed by atoms with Gasteiger partial charge in [-0.25, -0.2) is 0 Å². The van der Waals surface area contributed by atoms with Gasteiger partial charge in [0.15, 0.2) is 0 Å². The summed E-state index contributed by atoms with van der Waals surface area (Å²) in [7, 11) is 0. The van der Waals surface area contributed by atoms with Crippen LogP contribution in [0.25, 0.3) is 0 Å². The lowest BCUT2D eigenvalue weighted by atomic mass is 9.89. The Hall–Kier alpha value is -1.45. The molecule has 0 saturated carbocycles. The number of thioether (sulfide) groups is 1. The average molecular weight is 299 g/mol. The van der Waals surface area contributed by atoms with Gasteiger partial charge in [-0.05, 0) is 48.8 Å². The van der Waals surface area contributed by atoms with Gasteiger partial charge in [0, 0.05) is 17.0 Å². The highest BCUT2D eigenvalue weighted by Crippen LogP contribution is 2.36. The number of ether oxygens (including phenoxy) is 1. The van der Waals surface area contributed by atoms with E-state index < -0.39 is 0 Å². The number of hydrogen-bond acceptors (Lipinski definition) is 3. The molecular weight excluding hydrogens is 278 g/mol. The van der Waals surface area contributed by atoms with Crippen LogP contribution in [0.5, 0.6) is 5.75 Å². The van der Waals surface area contributed by atoms with E-state index in [1.165, 1.54) is 22.4 Å². The van der Waals surface area contributed by atoms with Gasteiger partial charge < -0.3 is 10.5 Å². The maximum atomic E-state index is 6.35. The summed E-state index contributed by atoms with van der Waals surface area (Å²) in [6.45, 7) is 0.515. The van der Waals surface area contributed by atoms with E-state index in [1.54, 1.807) is 11.8 Å². The Morgan fingerprint density at radius 2 is 2.05 bits per heavy atom. The largest absolute Gasteiger partial charge is 0.485 e. The van der Waals surface area contributed by atoms with E-state index in [2.05, 4.69) is 42.7 Å². The summed E-state index contributed by atoms with van der Waals surface area (Å²) in [5.74, 6) is 0.936. The molecule has 1 aliphatic rings. The highest BCUT2D eigenvalue weighted by molar-refractivity contribution is 7.98. The number of hydrogen-bond donors (Lipinski definition) is 1. The molecule has 0 aliphatic heterocycles. The van der Waals surface area contributed by atoms with Gasteiger partial charge in [0.25, 0.3) is 0 Å². The number of benzene rings is 2. The zero-order valence-corrected chi connectivity index (χ0v) is 13.2. The maximum absolute atomic E-state index is 6.35. The third kappa shape index (κ3) is 2.94. The van der Waals surface area contributed by atoms with Crippen molar-refractivity contribution in [2.45, 2.75) is 36.8 Å². The predicted molar refractivity (Wildman–Crippen MR) is 88.9 cm³/mol. The minimum Gasteiger partial charge on any atom is -0.485 e. The molecule has 0 saturated heterocycles. The molecule has 0 bridgehead atoms. The van der Waals surface area contributed by atoms with E-state index in [-0.39, 0.29) is 6.10 Å². The Morgan fingerprint density at radius 3 is 2.86 bits per heavy atom. The summed E-state index contributed by atoms with van der Waals surface area (Å²) in [6.07, 6.45) is 5.64. The topological polar surface area (TPSA) is 35.2 Å². The summed E-state index contributed by atoms with van der Waals surface area (Å²) < 4.78 is 6.35. The number of rotatable bonds is 4. The monoisotopic (exact) mass is 299 g/mol. The molecule has 3 heteroatoms. The van der Waals surface area contributed by atoms with Crippen molar-refractivity contribution < 1.29 is 4.74 Å². The highest BCUT2D eigenvalue weighted by atomic mass is 32.2. The first-order chi connectivity index (χ1) is 10.3. The van der Waals surface area contributed by atoms with E-state index in [4.69, 9.17) is 10.5 Å². The Balaban J connectivity index is 1.92. The van der Waals surface area contributed by atoms with Crippen LogP contribution in [0.1, 0.15) is 35.6 Å². The molecule has 1 aliphatic carbocycles. The molecule has 0 heterocycles. The first-order valence-corrected chi connectivity index (χ1v) is 8.66. The first kappa shape index (κ1) is 14.5. The van der Waals surface area contributed by atoms with Gasteiger partial charge in [-0.2, -0.15) is 0 Å². The van der Waals surface area contributed by atoms with Crippen LogP contribution in [-0.2, 0) is 13.0 Å². The van der Waals surface area contributed by atoms with Crippen LogP contribution in [0.15, 0.2) is 47.4 Å². The molecule has 2 nitrogen and oxygen atoms in total. The van der Waals surface area contributed by atoms with Gasteiger partial charge in [-0.1, -0.05) is 30.3 Å². The lowest BCUT2D eigenvalue weighted by Crippen LogP contribution is -2.16. The molecule has 0 amide bonds. The second-order valence-electron chi connectivity index (χ2n) is 5.34. The van der Waals surface area contributed by atoms with Crippen molar-refractivity contribution in [3.8, 4) is 5.75 Å². The Bertz CT molecular complexity index is 626. The lowest BCUT2D eigenvalue weighted by Gasteiger charge is -2.27. The zero-order chi connectivity index (χ0) is 14.7. The van der Waals surface area contributed by atoms with Gasteiger partial charge in [-0.3, -0.25) is 0 Å². The summed E-state index contributed by atoms with van der Waals surface area (Å²) in [6, 6.07) is 14.8. The molecule has 21 heavy (non-hydrogen) atoms. The second-order valence-corrected chi connectivity index (χ2v) is 6.19. The number of aryl methyl sites for hydroxylation is 1. The molecule has 2 aromatic carbocycles. The van der Waals surface area contributed by atoms with Gasteiger partial charge >= 0.3 is 0 Å². The maximum Gasteiger partial charge on any atom is 0.125 e. The van der Waals surface area contributed by atoms with E-state index in [0.29, 0.717) is 6.54 Å². The minimum atomic E-state index is 0.150. The Morgan fingerprint density at radius 1 is 1.19 bits per heavy atom. The van der Waals surface area contributed by atoms with Crippen LogP contribution in [0.4, 0.5) is 0 Å². The SMILES string of the molecule is CSc1cccc(OC2CCCc3ccccc32)c1CN. The van der Waals surface area contributed by atoms with Gasteiger partial charge in [-0.15, -0.1) is 11.8 Å². The molecule has 1 unspecified atom stereocenters. The van der Waals surface area contributed by atoms with Crippen LogP contribution >= 0.6 is 11.8 Å². The Kier molecular flexibility index (Phi) is 4.51. The lowest BCUT2D eigenvalue weighted by molar-refractivity contribution is 0.181. The third-order valence-corrected chi connectivity index (χ3v) is 4.92. The fourth-order valence-electron chi connectivity index (χ4n) is 3.03. The van der Waals surface area contributed by atoms with Crippen molar-refractivity contribution >= 4 is 11.8 Å². The van der Waals surface area contributed by atoms with Gasteiger partial charge in [0.1, 0.15) is 11.9 Å². The van der Waals surface area contributed by atoms with Crippen molar-refractivity contribution in [1.29, 1.82) is 0 Å². The van der Waals surface area contributed by atoms with Crippen LogP contribution < -0.4 is 10.5 Å². The van der Waals surface area contributed by atoms with E-state index in [1.807, 2.05) is 6.07 Å². The zero-order valence-electron chi connectivity index (χ0n) is 12.3. The van der Waals surface area contributed by atoms with Gasteiger partial charge in [0.05, 0.1) is 0 Å². The van der Waals surface area contributed by atoms with Crippen LogP contribution in [-0.4, -0.2) is 6.26 Å². The van der Waals surface area contributed by atoms with E-state index in [9.17, 15) is 0 Å². The molecule has 0 radical (unpaired) electrons. The smallest absolute Gasteiger partial charge is 0.125 e. The molecule has 0 aromatic heterocycles. The summed E-state index contributed by atoms with van der Waals surface area (Å²) in [5.41, 5.74) is 9.81. The van der Waals surface area contributed by atoms with Crippen LogP contribution in [0.2, 0.25) is 0 Å². The van der Waals surface area contributed by atoms with E-state index >= 15 is 0 Å². The molecule has 2 N–H and O–H groups in total. The third-order valence-electron chi connectivity index (χ3n) is 4.10. The standard InChI is InChI=1S/C18H21NOS/c1-21-18-11-5-10-17(15(18)12-19)20-16-9-4-7-13-6-2-3-8-14(13)16/h2-3,5-6,8,10-11,16H,4,7,9,12,19H2,1H3. The molecule has 3 rings (SSSR count). The second kappa shape index (κ2) is 6.54. The Labute approximate surface area is 130 Å². The molecule has 0 spiro atoms. The van der Waals surface area contributed by atoms with Crippen LogP contribution in [0.3, 0.4) is 0 Å². The van der Waals surface area contributed by atoms with Crippen molar-refractivity contribution in [3.63, 3.8) is 0 Å². The highest BCUT2D eigenvalue weighted by Gasteiger charge is 2.22.